The van der Waals surface area contributed by atoms with Gasteiger partial charge in [0, 0.05) is 6.08 Å². The molecule has 2 saturated carbocycles. The third-order valence-corrected chi connectivity index (χ3v) is 7.11. The summed E-state index contributed by atoms with van der Waals surface area (Å²) in [5.41, 5.74) is 1.58. The van der Waals surface area contributed by atoms with Gasteiger partial charge in [0.1, 0.15) is 5.75 Å². The van der Waals surface area contributed by atoms with Crippen LogP contribution in [0.1, 0.15) is 59.9 Å². The van der Waals surface area contributed by atoms with E-state index in [1.54, 1.807) is 13.2 Å². The highest BCUT2D eigenvalue weighted by atomic mass is 16.5. The van der Waals surface area contributed by atoms with Crippen LogP contribution in [0.25, 0.3) is 6.08 Å². The molecule has 160 valence electrons. The van der Waals surface area contributed by atoms with Crippen molar-refractivity contribution in [2.75, 3.05) is 13.7 Å². The van der Waals surface area contributed by atoms with Crippen LogP contribution in [0.2, 0.25) is 0 Å². The number of hydrogen-bond donors (Lipinski definition) is 0. The summed E-state index contributed by atoms with van der Waals surface area (Å²) in [4.78, 5) is 12.3. The fraction of sp³-hybridized carbons (Fsp3) is 0.654. The second kappa shape index (κ2) is 8.16. The lowest BCUT2D eigenvalue weighted by atomic mass is 9.57. The first kappa shape index (κ1) is 21.9. The largest absolute Gasteiger partial charge is 0.497 e. The number of esters is 1. The van der Waals surface area contributed by atoms with E-state index in [0.29, 0.717) is 29.8 Å². The van der Waals surface area contributed by atoms with Crippen LogP contribution in [0.15, 0.2) is 30.3 Å². The molecular weight excluding hydrogens is 360 g/mol. The standard InChI is InChI=1S/C26H38O3/c1-25(2,3)23-18-14-19(21(15-18)24(23)26(4,5)6)16-29-22(27)13-10-17-8-11-20(28-7)12-9-17/h8-13,18-19,21,23-24H,14-16H2,1-7H3/b13-10+. The highest BCUT2D eigenvalue weighted by Gasteiger charge is 2.58. The summed E-state index contributed by atoms with van der Waals surface area (Å²) in [6, 6.07) is 7.63. The lowest BCUT2D eigenvalue weighted by Crippen LogP contribution is -2.43. The number of carbonyl (C=O) groups is 1. The molecule has 1 aromatic carbocycles. The highest BCUT2D eigenvalue weighted by molar-refractivity contribution is 5.87. The average Bonchev–Trinajstić information content (AvgIpc) is 3.22. The van der Waals surface area contributed by atoms with Crippen LogP contribution in [0, 0.1) is 40.4 Å². The summed E-state index contributed by atoms with van der Waals surface area (Å²) >= 11 is 0. The second-order valence-corrected chi connectivity index (χ2v) is 11.2. The van der Waals surface area contributed by atoms with Crippen molar-refractivity contribution in [1.29, 1.82) is 0 Å². The number of fused-ring (bicyclic) bond motifs is 2. The number of carbonyl (C=O) groups excluding carboxylic acids is 1. The minimum atomic E-state index is -0.247. The Balaban J connectivity index is 1.59. The van der Waals surface area contributed by atoms with Gasteiger partial charge in [-0.05, 0) is 77.0 Å². The molecule has 0 radical (unpaired) electrons. The molecule has 1 aromatic rings. The molecule has 0 aliphatic heterocycles. The van der Waals surface area contributed by atoms with Gasteiger partial charge in [-0.2, -0.15) is 0 Å². The number of hydrogen-bond acceptors (Lipinski definition) is 3. The minimum absolute atomic E-state index is 0.247. The summed E-state index contributed by atoms with van der Waals surface area (Å²) in [6.45, 7) is 14.9. The molecule has 0 saturated heterocycles. The molecule has 29 heavy (non-hydrogen) atoms. The molecule has 3 rings (SSSR count). The monoisotopic (exact) mass is 398 g/mol. The lowest BCUT2D eigenvalue weighted by molar-refractivity contribution is -0.140. The quantitative estimate of drug-likeness (QED) is 0.435. The highest BCUT2D eigenvalue weighted by Crippen LogP contribution is 2.64. The van der Waals surface area contributed by atoms with Crippen molar-refractivity contribution in [3.05, 3.63) is 35.9 Å². The van der Waals surface area contributed by atoms with E-state index in [1.165, 1.54) is 18.9 Å². The van der Waals surface area contributed by atoms with E-state index in [2.05, 4.69) is 41.5 Å². The summed E-state index contributed by atoms with van der Waals surface area (Å²) in [7, 11) is 1.64. The topological polar surface area (TPSA) is 35.5 Å². The van der Waals surface area contributed by atoms with Crippen LogP contribution in [-0.4, -0.2) is 19.7 Å². The summed E-state index contributed by atoms with van der Waals surface area (Å²) in [5, 5.41) is 0. The normalized spacial score (nSPS) is 29.4. The van der Waals surface area contributed by atoms with Crippen molar-refractivity contribution in [2.45, 2.75) is 54.4 Å². The smallest absolute Gasteiger partial charge is 0.330 e. The van der Waals surface area contributed by atoms with Crippen molar-refractivity contribution in [2.24, 2.45) is 40.4 Å². The van der Waals surface area contributed by atoms with Crippen LogP contribution in [0.5, 0.6) is 5.75 Å². The maximum Gasteiger partial charge on any atom is 0.330 e. The Morgan fingerprint density at radius 2 is 1.62 bits per heavy atom. The Morgan fingerprint density at radius 3 is 2.17 bits per heavy atom. The van der Waals surface area contributed by atoms with Gasteiger partial charge in [0.25, 0.3) is 0 Å². The van der Waals surface area contributed by atoms with Gasteiger partial charge in [-0.15, -0.1) is 0 Å². The molecule has 0 spiro atoms. The molecular formula is C26H38O3. The molecule has 5 atom stereocenters. The number of methoxy groups -OCH3 is 1. The molecule has 0 amide bonds. The molecule has 5 unspecified atom stereocenters. The number of benzene rings is 1. The predicted molar refractivity (Wildman–Crippen MR) is 119 cm³/mol. The predicted octanol–water partition coefficient (Wildman–Crippen LogP) is 6.23. The molecule has 2 bridgehead atoms. The molecule has 2 fully saturated rings. The van der Waals surface area contributed by atoms with Gasteiger partial charge in [0.05, 0.1) is 13.7 Å². The molecule has 0 aromatic heterocycles. The van der Waals surface area contributed by atoms with Gasteiger partial charge < -0.3 is 9.47 Å². The van der Waals surface area contributed by atoms with E-state index in [-0.39, 0.29) is 11.4 Å². The van der Waals surface area contributed by atoms with Gasteiger partial charge >= 0.3 is 5.97 Å². The fourth-order valence-electron chi connectivity index (χ4n) is 6.23. The van der Waals surface area contributed by atoms with E-state index < -0.39 is 0 Å². The SMILES string of the molecule is COc1ccc(/C=C/C(=O)OCC2CC3CC2C(C(C)(C)C)C3C(C)(C)C)cc1. The molecule has 3 nitrogen and oxygen atoms in total. The van der Waals surface area contributed by atoms with E-state index in [1.807, 2.05) is 24.3 Å². The van der Waals surface area contributed by atoms with Crippen LogP contribution in [0.3, 0.4) is 0 Å². The Kier molecular flexibility index (Phi) is 6.17. The van der Waals surface area contributed by atoms with Gasteiger partial charge in [-0.3, -0.25) is 0 Å². The molecule has 3 heteroatoms. The van der Waals surface area contributed by atoms with Gasteiger partial charge in [-0.1, -0.05) is 53.7 Å². The fourth-order valence-corrected chi connectivity index (χ4v) is 6.23. The van der Waals surface area contributed by atoms with Crippen LogP contribution < -0.4 is 4.74 Å². The van der Waals surface area contributed by atoms with Crippen molar-refractivity contribution in [3.63, 3.8) is 0 Å². The molecule has 0 heterocycles. The zero-order chi connectivity index (χ0) is 21.4. The summed E-state index contributed by atoms with van der Waals surface area (Å²) in [6.07, 6.45) is 5.84. The van der Waals surface area contributed by atoms with Gasteiger partial charge in [-0.25, -0.2) is 4.79 Å². The minimum Gasteiger partial charge on any atom is -0.497 e. The first-order valence-electron chi connectivity index (χ1n) is 11.0. The van der Waals surface area contributed by atoms with Crippen molar-refractivity contribution in [1.82, 2.24) is 0 Å². The van der Waals surface area contributed by atoms with Crippen LogP contribution >= 0.6 is 0 Å². The summed E-state index contributed by atoms with van der Waals surface area (Å²) in [5.74, 6) is 3.95. The molecule has 2 aliphatic carbocycles. The van der Waals surface area contributed by atoms with E-state index >= 15 is 0 Å². The zero-order valence-electron chi connectivity index (χ0n) is 19.2. The van der Waals surface area contributed by atoms with Crippen molar-refractivity contribution in [3.8, 4) is 5.75 Å². The van der Waals surface area contributed by atoms with Crippen LogP contribution in [0.4, 0.5) is 0 Å². The second-order valence-electron chi connectivity index (χ2n) is 11.2. The Labute approximate surface area is 176 Å². The third kappa shape index (κ3) is 4.87. The Bertz CT molecular complexity index is 733. The molecule has 2 aliphatic rings. The molecule has 0 N–H and O–H groups in total. The third-order valence-electron chi connectivity index (χ3n) is 7.11. The van der Waals surface area contributed by atoms with E-state index in [4.69, 9.17) is 9.47 Å². The van der Waals surface area contributed by atoms with Crippen LogP contribution in [-0.2, 0) is 9.53 Å². The van der Waals surface area contributed by atoms with Gasteiger partial charge in [0.15, 0.2) is 0 Å². The number of ether oxygens (including phenoxy) is 2. The van der Waals surface area contributed by atoms with E-state index in [0.717, 1.165) is 23.1 Å². The number of rotatable bonds is 5. The summed E-state index contributed by atoms with van der Waals surface area (Å²) < 4.78 is 10.8. The zero-order valence-corrected chi connectivity index (χ0v) is 19.2. The van der Waals surface area contributed by atoms with Crippen molar-refractivity contribution >= 4 is 12.0 Å². The van der Waals surface area contributed by atoms with Gasteiger partial charge in [0.2, 0.25) is 0 Å². The Hall–Kier alpha value is -1.77. The van der Waals surface area contributed by atoms with Crippen molar-refractivity contribution < 1.29 is 14.3 Å². The van der Waals surface area contributed by atoms with E-state index in [9.17, 15) is 4.79 Å². The maximum atomic E-state index is 12.3. The first-order chi connectivity index (χ1) is 13.5. The average molecular weight is 399 g/mol. The maximum absolute atomic E-state index is 12.3. The first-order valence-corrected chi connectivity index (χ1v) is 11.0. The Morgan fingerprint density at radius 1 is 1.00 bits per heavy atom. The lowest BCUT2D eigenvalue weighted by Gasteiger charge is -2.48.